The summed E-state index contributed by atoms with van der Waals surface area (Å²) in [6.07, 6.45) is 2.39. The molecule has 138 valence electrons. The molecule has 6 nitrogen and oxygen atoms in total. The second-order valence-corrected chi connectivity index (χ2v) is 6.59. The van der Waals surface area contributed by atoms with Gasteiger partial charge in [-0.15, -0.1) is 0 Å². The standard InChI is InChI=1S/C19H23FN4O2/c1-12-4-5-14(20)7-17(12)19(25)21-9-15-8-16(26-3)10-24(15)18-6-13(2)22-11-23-18/h4-7,11,15-16H,8-10H2,1-3H3,(H,21,25)/t15-,16-/m0/s1. The number of aryl methyl sites for hydroxylation is 2. The van der Waals surface area contributed by atoms with E-state index in [1.807, 2.05) is 13.0 Å². The van der Waals surface area contributed by atoms with Gasteiger partial charge in [0.1, 0.15) is 18.0 Å². The first-order valence-electron chi connectivity index (χ1n) is 8.60. The number of amides is 1. The molecule has 0 spiro atoms. The Bertz CT molecular complexity index is 799. The normalized spacial score (nSPS) is 19.6. The number of anilines is 1. The van der Waals surface area contributed by atoms with Gasteiger partial charge < -0.3 is 15.0 Å². The predicted molar refractivity (Wildman–Crippen MR) is 96.8 cm³/mol. The lowest BCUT2D eigenvalue weighted by Gasteiger charge is -2.25. The third-order valence-electron chi connectivity index (χ3n) is 4.74. The van der Waals surface area contributed by atoms with Crippen LogP contribution >= 0.6 is 0 Å². The molecule has 2 atom stereocenters. The van der Waals surface area contributed by atoms with Crippen molar-refractivity contribution in [1.29, 1.82) is 0 Å². The molecule has 1 aromatic carbocycles. The summed E-state index contributed by atoms with van der Waals surface area (Å²) in [5.41, 5.74) is 1.98. The Hall–Kier alpha value is -2.54. The van der Waals surface area contributed by atoms with Crippen LogP contribution in [0, 0.1) is 19.7 Å². The van der Waals surface area contributed by atoms with Gasteiger partial charge in [0.2, 0.25) is 0 Å². The van der Waals surface area contributed by atoms with Crippen LogP contribution in [0.4, 0.5) is 10.2 Å². The summed E-state index contributed by atoms with van der Waals surface area (Å²) >= 11 is 0. The lowest BCUT2D eigenvalue weighted by Crippen LogP contribution is -2.40. The van der Waals surface area contributed by atoms with Crippen LogP contribution in [0.1, 0.15) is 28.0 Å². The average Bonchev–Trinajstić information content (AvgIpc) is 3.05. The van der Waals surface area contributed by atoms with Crippen molar-refractivity contribution in [2.75, 3.05) is 25.1 Å². The Morgan fingerprint density at radius 1 is 1.35 bits per heavy atom. The fourth-order valence-electron chi connectivity index (χ4n) is 3.26. The number of rotatable bonds is 5. The first kappa shape index (κ1) is 18.3. The predicted octanol–water partition coefficient (Wildman–Crippen LogP) is 2.26. The summed E-state index contributed by atoms with van der Waals surface area (Å²) in [6, 6.07) is 6.20. The van der Waals surface area contributed by atoms with Gasteiger partial charge in [-0.2, -0.15) is 0 Å². The van der Waals surface area contributed by atoms with E-state index in [1.165, 1.54) is 18.5 Å². The van der Waals surface area contributed by atoms with E-state index in [9.17, 15) is 9.18 Å². The van der Waals surface area contributed by atoms with Crippen LogP contribution in [0.25, 0.3) is 0 Å². The fourth-order valence-corrected chi connectivity index (χ4v) is 3.26. The molecule has 26 heavy (non-hydrogen) atoms. The van der Waals surface area contributed by atoms with Crippen LogP contribution in [0.3, 0.4) is 0 Å². The molecule has 0 radical (unpaired) electrons. The first-order valence-corrected chi connectivity index (χ1v) is 8.60. The van der Waals surface area contributed by atoms with Crippen molar-refractivity contribution in [2.24, 2.45) is 0 Å². The van der Waals surface area contributed by atoms with Crippen LogP contribution < -0.4 is 10.2 Å². The van der Waals surface area contributed by atoms with E-state index in [-0.39, 0.29) is 18.1 Å². The Morgan fingerprint density at radius 3 is 2.88 bits per heavy atom. The van der Waals surface area contributed by atoms with Gasteiger partial charge in [0, 0.05) is 37.5 Å². The van der Waals surface area contributed by atoms with Gasteiger partial charge in [0.05, 0.1) is 12.1 Å². The molecule has 0 aliphatic carbocycles. The fraction of sp³-hybridized carbons (Fsp3) is 0.421. The largest absolute Gasteiger partial charge is 0.380 e. The number of ether oxygens (including phenoxy) is 1. The van der Waals surface area contributed by atoms with Crippen LogP contribution in [0.15, 0.2) is 30.6 Å². The second-order valence-electron chi connectivity index (χ2n) is 6.59. The number of carbonyl (C=O) groups excluding carboxylic acids is 1. The SMILES string of the molecule is CO[C@H]1C[C@@H](CNC(=O)c2cc(F)ccc2C)N(c2cc(C)ncn2)C1. The maximum Gasteiger partial charge on any atom is 0.251 e. The van der Waals surface area contributed by atoms with E-state index < -0.39 is 5.82 Å². The quantitative estimate of drug-likeness (QED) is 0.888. The molecule has 1 N–H and O–H groups in total. The number of aromatic nitrogens is 2. The first-order chi connectivity index (χ1) is 12.5. The van der Waals surface area contributed by atoms with Crippen LogP contribution in [0.2, 0.25) is 0 Å². The van der Waals surface area contributed by atoms with Crippen molar-refractivity contribution in [2.45, 2.75) is 32.4 Å². The minimum Gasteiger partial charge on any atom is -0.380 e. The van der Waals surface area contributed by atoms with Gasteiger partial charge in [-0.05, 0) is 38.0 Å². The van der Waals surface area contributed by atoms with Crippen molar-refractivity contribution >= 4 is 11.7 Å². The minimum absolute atomic E-state index is 0.0482. The van der Waals surface area contributed by atoms with Crippen LogP contribution in [-0.2, 0) is 4.74 Å². The third kappa shape index (κ3) is 3.99. The second kappa shape index (κ2) is 7.78. The van der Waals surface area contributed by atoms with Crippen molar-refractivity contribution in [3.63, 3.8) is 0 Å². The van der Waals surface area contributed by atoms with Gasteiger partial charge in [0.25, 0.3) is 5.91 Å². The summed E-state index contributed by atoms with van der Waals surface area (Å²) in [4.78, 5) is 23.1. The topological polar surface area (TPSA) is 67.3 Å². The summed E-state index contributed by atoms with van der Waals surface area (Å²) in [5.74, 6) is 0.124. The molecule has 1 amide bonds. The molecule has 0 unspecified atom stereocenters. The molecular weight excluding hydrogens is 335 g/mol. The highest BCUT2D eigenvalue weighted by Gasteiger charge is 2.33. The van der Waals surface area contributed by atoms with E-state index in [2.05, 4.69) is 20.2 Å². The van der Waals surface area contributed by atoms with Gasteiger partial charge in [-0.1, -0.05) is 6.07 Å². The van der Waals surface area contributed by atoms with Gasteiger partial charge >= 0.3 is 0 Å². The summed E-state index contributed by atoms with van der Waals surface area (Å²) in [6.45, 7) is 4.84. The van der Waals surface area contributed by atoms with E-state index >= 15 is 0 Å². The number of nitrogens with zero attached hydrogens (tertiary/aromatic N) is 3. The summed E-state index contributed by atoms with van der Waals surface area (Å²) in [5, 5.41) is 2.92. The highest BCUT2D eigenvalue weighted by molar-refractivity contribution is 5.95. The Balaban J connectivity index is 1.72. The number of benzene rings is 1. The number of nitrogens with one attached hydrogen (secondary N) is 1. The highest BCUT2D eigenvalue weighted by atomic mass is 19.1. The zero-order valence-electron chi connectivity index (χ0n) is 15.2. The molecule has 1 fully saturated rings. The van der Waals surface area contributed by atoms with Crippen molar-refractivity contribution in [1.82, 2.24) is 15.3 Å². The summed E-state index contributed by atoms with van der Waals surface area (Å²) in [7, 11) is 1.69. The molecule has 1 aromatic heterocycles. The maximum atomic E-state index is 13.4. The van der Waals surface area contributed by atoms with Gasteiger partial charge in [-0.3, -0.25) is 4.79 Å². The van der Waals surface area contributed by atoms with E-state index in [4.69, 9.17) is 4.74 Å². The van der Waals surface area contributed by atoms with E-state index in [1.54, 1.807) is 20.1 Å². The Kier molecular flexibility index (Phi) is 5.46. The average molecular weight is 358 g/mol. The number of hydrogen-bond acceptors (Lipinski definition) is 5. The molecule has 2 aromatic rings. The lowest BCUT2D eigenvalue weighted by molar-refractivity contribution is 0.0945. The van der Waals surface area contributed by atoms with Crippen molar-refractivity contribution < 1.29 is 13.9 Å². The van der Waals surface area contributed by atoms with E-state index in [0.29, 0.717) is 18.7 Å². The highest BCUT2D eigenvalue weighted by Crippen LogP contribution is 2.25. The monoisotopic (exact) mass is 358 g/mol. The molecule has 3 rings (SSSR count). The minimum atomic E-state index is -0.417. The Morgan fingerprint density at radius 2 is 2.15 bits per heavy atom. The maximum absolute atomic E-state index is 13.4. The van der Waals surface area contributed by atoms with Gasteiger partial charge in [0.15, 0.2) is 0 Å². The van der Waals surface area contributed by atoms with Crippen LogP contribution in [-0.4, -0.2) is 48.2 Å². The van der Waals surface area contributed by atoms with Gasteiger partial charge in [-0.25, -0.2) is 14.4 Å². The smallest absolute Gasteiger partial charge is 0.251 e. The molecule has 1 aliphatic heterocycles. The number of carbonyl (C=O) groups is 1. The molecule has 0 bridgehead atoms. The molecule has 1 saturated heterocycles. The zero-order valence-corrected chi connectivity index (χ0v) is 15.2. The number of methoxy groups -OCH3 is 1. The Labute approximate surface area is 152 Å². The van der Waals surface area contributed by atoms with Crippen LogP contribution in [0.5, 0.6) is 0 Å². The van der Waals surface area contributed by atoms with Crippen molar-refractivity contribution in [3.8, 4) is 0 Å². The molecule has 1 aliphatic rings. The lowest BCUT2D eigenvalue weighted by atomic mass is 10.1. The molecular formula is C19H23FN4O2. The molecule has 2 heterocycles. The molecule has 0 saturated carbocycles. The molecule has 7 heteroatoms. The summed E-state index contributed by atoms with van der Waals surface area (Å²) < 4.78 is 19.0. The third-order valence-corrected chi connectivity index (χ3v) is 4.74. The van der Waals surface area contributed by atoms with Crippen molar-refractivity contribution in [3.05, 3.63) is 53.2 Å². The number of halogens is 1. The number of hydrogen-bond donors (Lipinski definition) is 1. The van der Waals surface area contributed by atoms with E-state index in [0.717, 1.165) is 23.5 Å². The zero-order chi connectivity index (χ0) is 18.7.